The van der Waals surface area contributed by atoms with Gasteiger partial charge in [0.1, 0.15) is 17.7 Å². The summed E-state index contributed by atoms with van der Waals surface area (Å²) in [5.74, 6) is 0.219. The van der Waals surface area contributed by atoms with Gasteiger partial charge < -0.3 is 19.6 Å². The Bertz CT molecular complexity index is 622. The van der Waals surface area contributed by atoms with Crippen molar-refractivity contribution in [3.05, 3.63) is 22.6 Å². The lowest BCUT2D eigenvalue weighted by atomic mass is 10.1. The standard InChI is InChI=1S/C14H18N4O4.C2H6/c1-17-11-7-9(15-16-21)12(22-2)6-8(11)13(19)18-5-3-4-10(18)14(17)20;1-2/h6-7,10,14,20H,3-5H2,1-2H3,(H,15,21);1-2H3. The van der Waals surface area contributed by atoms with Gasteiger partial charge in [-0.25, -0.2) is 5.43 Å². The number of nitroso groups, excluding NO2 is 1. The second kappa shape index (κ2) is 7.48. The number of anilines is 2. The summed E-state index contributed by atoms with van der Waals surface area (Å²) in [7, 11) is 3.18. The molecule has 2 unspecified atom stereocenters. The SMILES string of the molecule is CC.COc1cc2c(cc1NN=O)N(C)C(O)C1CCCN1C2=O. The van der Waals surface area contributed by atoms with Crippen molar-refractivity contribution in [2.45, 2.75) is 39.0 Å². The van der Waals surface area contributed by atoms with E-state index in [0.717, 1.165) is 12.8 Å². The Morgan fingerprint density at radius 2 is 2.08 bits per heavy atom. The Morgan fingerprint density at radius 1 is 1.38 bits per heavy atom. The number of aliphatic hydroxyl groups excluding tert-OH is 1. The predicted octanol–water partition coefficient (Wildman–Crippen LogP) is 2.19. The lowest BCUT2D eigenvalue weighted by molar-refractivity contribution is 0.0527. The molecule has 0 spiro atoms. The zero-order valence-corrected chi connectivity index (χ0v) is 14.4. The molecule has 24 heavy (non-hydrogen) atoms. The minimum atomic E-state index is -0.793. The third-order valence-electron chi connectivity index (χ3n) is 4.40. The average molecular weight is 336 g/mol. The number of nitrogens with zero attached hydrogens (tertiary/aromatic N) is 3. The van der Waals surface area contributed by atoms with Crippen LogP contribution in [0.25, 0.3) is 0 Å². The van der Waals surface area contributed by atoms with Crippen molar-refractivity contribution in [2.75, 3.05) is 31.0 Å². The summed E-state index contributed by atoms with van der Waals surface area (Å²) in [4.78, 5) is 26.6. The van der Waals surface area contributed by atoms with Gasteiger partial charge in [-0.05, 0) is 25.0 Å². The van der Waals surface area contributed by atoms with Gasteiger partial charge in [0.05, 0.1) is 29.7 Å². The van der Waals surface area contributed by atoms with E-state index in [1.165, 1.54) is 7.11 Å². The summed E-state index contributed by atoms with van der Waals surface area (Å²) >= 11 is 0. The minimum Gasteiger partial charge on any atom is -0.494 e. The van der Waals surface area contributed by atoms with Crippen molar-refractivity contribution in [1.29, 1.82) is 0 Å². The fourth-order valence-corrected chi connectivity index (χ4v) is 3.25. The number of hydrogen-bond acceptors (Lipinski definition) is 6. The van der Waals surface area contributed by atoms with Crippen LogP contribution in [0.1, 0.15) is 37.0 Å². The van der Waals surface area contributed by atoms with E-state index in [9.17, 15) is 14.8 Å². The summed E-state index contributed by atoms with van der Waals surface area (Å²) in [6, 6.07) is 2.95. The summed E-state index contributed by atoms with van der Waals surface area (Å²) in [5.41, 5.74) is 3.65. The second-order valence-corrected chi connectivity index (χ2v) is 5.51. The molecule has 0 saturated carbocycles. The van der Waals surface area contributed by atoms with Crippen molar-refractivity contribution in [1.82, 2.24) is 4.90 Å². The van der Waals surface area contributed by atoms with Gasteiger partial charge in [0, 0.05) is 13.6 Å². The van der Waals surface area contributed by atoms with Crippen molar-refractivity contribution >= 4 is 17.3 Å². The molecule has 1 aromatic carbocycles. The first-order valence-corrected chi connectivity index (χ1v) is 8.10. The van der Waals surface area contributed by atoms with Crippen molar-refractivity contribution in [2.24, 2.45) is 5.29 Å². The topological polar surface area (TPSA) is 94.5 Å². The van der Waals surface area contributed by atoms with Crippen LogP contribution in [0, 0.1) is 4.91 Å². The highest BCUT2D eigenvalue weighted by Crippen LogP contribution is 2.39. The van der Waals surface area contributed by atoms with E-state index < -0.39 is 6.23 Å². The molecule has 2 aliphatic heterocycles. The fraction of sp³-hybridized carbons (Fsp3) is 0.562. The maximum absolute atomic E-state index is 12.8. The van der Waals surface area contributed by atoms with Crippen LogP contribution in [0.5, 0.6) is 5.75 Å². The number of methoxy groups -OCH3 is 1. The quantitative estimate of drug-likeness (QED) is 0.649. The molecular formula is C16H24N4O4. The average Bonchev–Trinajstić information content (AvgIpc) is 3.08. The molecule has 0 radical (unpaired) electrons. The Morgan fingerprint density at radius 3 is 2.71 bits per heavy atom. The number of aliphatic hydroxyl groups is 1. The molecule has 2 N–H and O–H groups in total. The van der Waals surface area contributed by atoms with Crippen LogP contribution in [0.2, 0.25) is 0 Å². The first kappa shape index (κ1) is 18.0. The fourth-order valence-electron chi connectivity index (χ4n) is 3.25. The van der Waals surface area contributed by atoms with Gasteiger partial charge >= 0.3 is 0 Å². The maximum atomic E-state index is 12.8. The largest absolute Gasteiger partial charge is 0.494 e. The van der Waals surface area contributed by atoms with Gasteiger partial charge in [0.2, 0.25) is 0 Å². The van der Waals surface area contributed by atoms with E-state index in [-0.39, 0.29) is 11.9 Å². The number of hydrogen-bond donors (Lipinski definition) is 2. The van der Waals surface area contributed by atoms with Crippen LogP contribution in [-0.2, 0) is 0 Å². The van der Waals surface area contributed by atoms with Gasteiger partial charge in [-0.1, -0.05) is 13.8 Å². The Kier molecular flexibility index (Phi) is 5.61. The molecule has 2 heterocycles. The molecule has 1 saturated heterocycles. The first-order chi connectivity index (χ1) is 11.6. The minimum absolute atomic E-state index is 0.134. The summed E-state index contributed by atoms with van der Waals surface area (Å²) in [6.45, 7) is 4.63. The molecule has 0 bridgehead atoms. The normalized spacial score (nSPS) is 22.0. The number of rotatable bonds is 3. The molecular weight excluding hydrogens is 312 g/mol. The molecule has 2 atom stereocenters. The highest BCUT2D eigenvalue weighted by atomic mass is 16.5. The zero-order chi connectivity index (χ0) is 17.9. The second-order valence-electron chi connectivity index (χ2n) is 5.51. The van der Waals surface area contributed by atoms with E-state index in [1.54, 1.807) is 29.0 Å². The number of benzene rings is 1. The van der Waals surface area contributed by atoms with Crippen LogP contribution in [0.3, 0.4) is 0 Å². The Labute approximate surface area is 141 Å². The van der Waals surface area contributed by atoms with Crippen LogP contribution in [0.4, 0.5) is 11.4 Å². The molecule has 8 nitrogen and oxygen atoms in total. The van der Waals surface area contributed by atoms with Crippen molar-refractivity contribution in [3.63, 3.8) is 0 Å². The number of carbonyl (C=O) groups excluding carboxylic acids is 1. The molecule has 0 aromatic heterocycles. The smallest absolute Gasteiger partial charge is 0.256 e. The van der Waals surface area contributed by atoms with E-state index >= 15 is 0 Å². The van der Waals surface area contributed by atoms with Crippen LogP contribution in [-0.4, -0.2) is 48.9 Å². The Hall–Kier alpha value is -2.35. The van der Waals surface area contributed by atoms with E-state index in [1.807, 2.05) is 13.8 Å². The summed E-state index contributed by atoms with van der Waals surface area (Å²) in [5, 5.41) is 13.2. The molecule has 2 aliphatic rings. The van der Waals surface area contributed by atoms with Gasteiger partial charge in [0.25, 0.3) is 5.91 Å². The highest BCUT2D eigenvalue weighted by molar-refractivity contribution is 6.02. The number of amides is 1. The lowest BCUT2D eigenvalue weighted by Gasteiger charge is -2.31. The van der Waals surface area contributed by atoms with Crippen molar-refractivity contribution < 1.29 is 14.6 Å². The summed E-state index contributed by atoms with van der Waals surface area (Å²) < 4.78 is 5.21. The first-order valence-electron chi connectivity index (χ1n) is 8.10. The lowest BCUT2D eigenvalue weighted by Crippen LogP contribution is -2.47. The molecule has 1 fully saturated rings. The van der Waals surface area contributed by atoms with Gasteiger partial charge in [-0.3, -0.25) is 4.79 Å². The zero-order valence-electron chi connectivity index (χ0n) is 14.4. The number of carbonyl (C=O) groups is 1. The molecule has 132 valence electrons. The van der Waals surface area contributed by atoms with Crippen LogP contribution in [0.15, 0.2) is 17.4 Å². The third-order valence-corrected chi connectivity index (χ3v) is 4.40. The molecule has 3 rings (SSSR count). The number of fused-ring (bicyclic) bond motifs is 2. The molecule has 1 aromatic rings. The van der Waals surface area contributed by atoms with Crippen LogP contribution < -0.4 is 15.1 Å². The monoisotopic (exact) mass is 336 g/mol. The molecule has 8 heteroatoms. The maximum Gasteiger partial charge on any atom is 0.256 e. The number of likely N-dealkylation sites (N-methyl/N-ethyl adjacent to an activating group) is 1. The van der Waals surface area contributed by atoms with Crippen LogP contribution >= 0.6 is 0 Å². The molecule has 0 aliphatic carbocycles. The number of ether oxygens (including phenoxy) is 1. The van der Waals surface area contributed by atoms with Crippen molar-refractivity contribution in [3.8, 4) is 5.75 Å². The van der Waals surface area contributed by atoms with Gasteiger partial charge in [0.15, 0.2) is 0 Å². The summed E-state index contributed by atoms with van der Waals surface area (Å²) in [6.07, 6.45) is 0.851. The number of nitrogens with one attached hydrogen (secondary N) is 1. The van der Waals surface area contributed by atoms with E-state index in [0.29, 0.717) is 29.2 Å². The third kappa shape index (κ3) is 2.89. The van der Waals surface area contributed by atoms with E-state index in [2.05, 4.69) is 10.7 Å². The molecule has 1 amide bonds. The Balaban J connectivity index is 0.00000100. The highest BCUT2D eigenvalue weighted by Gasteiger charge is 2.41. The van der Waals surface area contributed by atoms with E-state index in [4.69, 9.17) is 4.74 Å². The predicted molar refractivity (Wildman–Crippen MR) is 92.2 cm³/mol. The van der Waals surface area contributed by atoms with Gasteiger partial charge in [-0.2, -0.15) is 0 Å². The van der Waals surface area contributed by atoms with Gasteiger partial charge in [-0.15, -0.1) is 4.91 Å².